The Balaban J connectivity index is 1.12. The first-order valence-corrected chi connectivity index (χ1v) is 17.8. The Bertz CT molecular complexity index is 2980. The Hall–Kier alpha value is -6.89. The summed E-state index contributed by atoms with van der Waals surface area (Å²) < 4.78 is 4.75. The molecule has 52 heavy (non-hydrogen) atoms. The Morgan fingerprint density at radius 2 is 1.15 bits per heavy atom. The molecule has 1 aliphatic rings. The molecule has 1 atom stereocenters. The topological polar surface area (TPSA) is 33.6 Å². The number of nitrogens with zero attached hydrogens (tertiary/aromatic N) is 3. The Kier molecular flexibility index (Phi) is 7.01. The summed E-state index contributed by atoms with van der Waals surface area (Å²) in [4.78, 5) is 0. The van der Waals surface area contributed by atoms with E-state index in [0.29, 0.717) is 5.56 Å². The van der Waals surface area contributed by atoms with Crippen molar-refractivity contribution in [2.24, 2.45) is 0 Å². The largest absolute Gasteiger partial charge is 0.310 e. The Morgan fingerprint density at radius 3 is 1.96 bits per heavy atom. The maximum absolute atomic E-state index is 9.38. The number of fused-ring (bicyclic) bond motifs is 6. The van der Waals surface area contributed by atoms with Gasteiger partial charge in [0.2, 0.25) is 0 Å². The minimum Gasteiger partial charge on any atom is -0.310 e. The molecule has 0 N–H and O–H groups in total. The second-order valence-corrected chi connectivity index (χ2v) is 13.6. The van der Waals surface area contributed by atoms with E-state index >= 15 is 0 Å². The van der Waals surface area contributed by atoms with Crippen molar-refractivity contribution in [3.8, 4) is 39.7 Å². The van der Waals surface area contributed by atoms with Crippen LogP contribution in [0.15, 0.2) is 170 Å². The van der Waals surface area contributed by atoms with Crippen LogP contribution in [0.4, 0.5) is 0 Å². The fourth-order valence-corrected chi connectivity index (χ4v) is 8.18. The Morgan fingerprint density at radius 1 is 0.481 bits per heavy atom. The molecule has 3 heteroatoms. The minimum atomic E-state index is 0.242. The van der Waals surface area contributed by atoms with Crippen LogP contribution in [-0.2, 0) is 0 Å². The number of hydrogen-bond donors (Lipinski definition) is 0. The van der Waals surface area contributed by atoms with Gasteiger partial charge in [-0.05, 0) is 101 Å². The van der Waals surface area contributed by atoms with E-state index < -0.39 is 0 Å². The summed E-state index contributed by atoms with van der Waals surface area (Å²) in [5.41, 5.74) is 12.6. The molecule has 1 aliphatic carbocycles. The smallest absolute Gasteiger partial charge is 0.0991 e. The molecule has 0 spiro atoms. The molecule has 0 saturated heterocycles. The first kappa shape index (κ1) is 30.0. The van der Waals surface area contributed by atoms with E-state index in [1.165, 1.54) is 71.3 Å². The summed E-state index contributed by atoms with van der Waals surface area (Å²) in [6.45, 7) is 0. The average Bonchev–Trinajstić information content (AvgIpc) is 3.73. The zero-order valence-electron chi connectivity index (χ0n) is 28.4. The lowest BCUT2D eigenvalue weighted by molar-refractivity contribution is 0.909. The lowest BCUT2D eigenvalue weighted by Gasteiger charge is -2.15. The van der Waals surface area contributed by atoms with Gasteiger partial charge < -0.3 is 9.13 Å². The monoisotopic (exact) mass is 663 g/mol. The quantitative estimate of drug-likeness (QED) is 0.180. The minimum absolute atomic E-state index is 0.242. The van der Waals surface area contributed by atoms with Crippen LogP contribution in [0.5, 0.6) is 0 Å². The molecule has 2 aromatic heterocycles. The van der Waals surface area contributed by atoms with Crippen molar-refractivity contribution in [2.45, 2.75) is 12.3 Å². The molecule has 0 aliphatic heterocycles. The van der Waals surface area contributed by atoms with Crippen molar-refractivity contribution < 1.29 is 0 Å². The van der Waals surface area contributed by atoms with Gasteiger partial charge in [-0.3, -0.25) is 0 Å². The highest BCUT2D eigenvalue weighted by molar-refractivity contribution is 6.09. The molecule has 0 amide bonds. The van der Waals surface area contributed by atoms with Gasteiger partial charge in [0.25, 0.3) is 0 Å². The van der Waals surface area contributed by atoms with Crippen LogP contribution in [0.3, 0.4) is 0 Å². The SMILES string of the molecule is N#Cc1ccc(-n2c3ccccc3c3cc(C4C=c5c(n(-c6ccccc6)c6cc(-c7cccc(-c8ccccc8)c7)ccc56)=CC4)ccc32)cc1. The molecular formula is C49H33N3. The first-order chi connectivity index (χ1) is 25.7. The lowest BCUT2D eigenvalue weighted by Crippen LogP contribution is -2.31. The normalized spacial score (nSPS) is 13.8. The van der Waals surface area contributed by atoms with Crippen LogP contribution in [-0.4, -0.2) is 9.13 Å². The third-order valence-corrected chi connectivity index (χ3v) is 10.7. The number of para-hydroxylation sites is 2. The predicted molar refractivity (Wildman–Crippen MR) is 215 cm³/mol. The first-order valence-electron chi connectivity index (χ1n) is 17.8. The third kappa shape index (κ3) is 4.88. The molecule has 0 fully saturated rings. The third-order valence-electron chi connectivity index (χ3n) is 10.7. The van der Waals surface area contributed by atoms with Gasteiger partial charge in [0.15, 0.2) is 0 Å². The summed E-state index contributed by atoms with van der Waals surface area (Å²) in [6.07, 6.45) is 5.85. The molecule has 0 saturated carbocycles. The van der Waals surface area contributed by atoms with Crippen LogP contribution in [0, 0.1) is 11.3 Å². The lowest BCUT2D eigenvalue weighted by atomic mass is 9.90. The van der Waals surface area contributed by atoms with Gasteiger partial charge in [-0.1, -0.05) is 115 Å². The van der Waals surface area contributed by atoms with E-state index in [0.717, 1.165) is 17.6 Å². The second-order valence-electron chi connectivity index (χ2n) is 13.6. The molecule has 2 heterocycles. The predicted octanol–water partition coefficient (Wildman–Crippen LogP) is 10.7. The zero-order chi connectivity index (χ0) is 34.6. The van der Waals surface area contributed by atoms with E-state index in [2.05, 4.69) is 173 Å². The van der Waals surface area contributed by atoms with Crippen LogP contribution in [0.2, 0.25) is 0 Å². The van der Waals surface area contributed by atoms with Gasteiger partial charge in [0.05, 0.1) is 28.2 Å². The number of aromatic nitrogens is 2. The van der Waals surface area contributed by atoms with E-state index in [-0.39, 0.29) is 5.92 Å². The fourth-order valence-electron chi connectivity index (χ4n) is 8.18. The highest BCUT2D eigenvalue weighted by Gasteiger charge is 2.20. The molecule has 7 aromatic carbocycles. The molecule has 1 unspecified atom stereocenters. The number of nitriles is 1. The van der Waals surface area contributed by atoms with E-state index in [4.69, 9.17) is 0 Å². The van der Waals surface area contributed by atoms with Crippen molar-refractivity contribution in [1.82, 2.24) is 9.13 Å². The van der Waals surface area contributed by atoms with Crippen LogP contribution >= 0.6 is 0 Å². The van der Waals surface area contributed by atoms with Gasteiger partial charge in [-0.25, -0.2) is 0 Å². The van der Waals surface area contributed by atoms with Gasteiger partial charge in [-0.2, -0.15) is 5.26 Å². The average molecular weight is 664 g/mol. The maximum atomic E-state index is 9.38. The van der Waals surface area contributed by atoms with Crippen molar-refractivity contribution in [3.63, 3.8) is 0 Å². The van der Waals surface area contributed by atoms with Crippen molar-refractivity contribution in [3.05, 3.63) is 192 Å². The highest BCUT2D eigenvalue weighted by Crippen LogP contribution is 2.36. The van der Waals surface area contributed by atoms with E-state index in [1.54, 1.807) is 0 Å². The summed E-state index contributed by atoms with van der Waals surface area (Å²) in [6, 6.07) is 62.9. The molecule has 3 nitrogen and oxygen atoms in total. The standard InChI is InChI=1S/C49H33N3/c50-32-33-18-23-41(24-19-33)51-46-17-8-7-16-42(46)44-29-37(21-26-47(44)51)38-22-27-48-45(30-38)43-25-20-39(31-49(43)52(48)40-14-5-2-6-15-40)36-13-9-12-35(28-36)34-10-3-1-4-11-34/h1-21,23-31,38H,22H2. The molecule has 244 valence electrons. The van der Waals surface area contributed by atoms with Gasteiger partial charge in [-0.15, -0.1) is 0 Å². The van der Waals surface area contributed by atoms with Crippen molar-refractivity contribution in [2.75, 3.05) is 0 Å². The van der Waals surface area contributed by atoms with Crippen molar-refractivity contribution >= 4 is 44.9 Å². The second kappa shape index (κ2) is 12.2. The molecule has 0 bridgehead atoms. The summed E-state index contributed by atoms with van der Waals surface area (Å²) in [5.74, 6) is 0.242. The summed E-state index contributed by atoms with van der Waals surface area (Å²) >= 11 is 0. The van der Waals surface area contributed by atoms with E-state index in [1.807, 2.05) is 24.3 Å². The number of hydrogen-bond acceptors (Lipinski definition) is 1. The summed E-state index contributed by atoms with van der Waals surface area (Å²) in [5, 5.41) is 15.7. The van der Waals surface area contributed by atoms with Gasteiger partial charge >= 0.3 is 0 Å². The molecular weight excluding hydrogens is 631 g/mol. The van der Waals surface area contributed by atoms with Gasteiger partial charge in [0, 0.05) is 44.0 Å². The fraction of sp³-hybridized carbons (Fsp3) is 0.0408. The maximum Gasteiger partial charge on any atom is 0.0991 e. The number of rotatable bonds is 5. The van der Waals surface area contributed by atoms with Crippen LogP contribution < -0.4 is 10.6 Å². The van der Waals surface area contributed by atoms with Crippen LogP contribution in [0.1, 0.15) is 23.5 Å². The molecule has 0 radical (unpaired) electrons. The highest BCUT2D eigenvalue weighted by atomic mass is 15.0. The van der Waals surface area contributed by atoms with Gasteiger partial charge in [0.1, 0.15) is 0 Å². The molecule has 9 aromatic rings. The summed E-state index contributed by atoms with van der Waals surface area (Å²) in [7, 11) is 0. The Labute approximate surface area is 301 Å². The van der Waals surface area contributed by atoms with E-state index in [9.17, 15) is 5.26 Å². The number of benzene rings is 7. The van der Waals surface area contributed by atoms with Crippen LogP contribution in [0.25, 0.3) is 78.5 Å². The molecule has 10 rings (SSSR count). The van der Waals surface area contributed by atoms with Crippen molar-refractivity contribution in [1.29, 1.82) is 5.26 Å². The zero-order valence-corrected chi connectivity index (χ0v) is 28.4.